The number of aliphatic hydroxyl groups excluding tert-OH is 1. The third-order valence-electron chi connectivity index (χ3n) is 7.98. The maximum Gasteiger partial charge on any atom is 0.223 e. The molecule has 0 spiro atoms. The highest BCUT2D eigenvalue weighted by Crippen LogP contribution is 2.64. The zero-order valence-electron chi connectivity index (χ0n) is 16.3. The first-order valence-electron chi connectivity index (χ1n) is 10.1. The maximum absolute atomic E-state index is 12.7. The summed E-state index contributed by atoms with van der Waals surface area (Å²) >= 11 is 0. The molecular formula is C22H31NO3. The lowest BCUT2D eigenvalue weighted by Crippen LogP contribution is -2.47. The van der Waals surface area contributed by atoms with Crippen molar-refractivity contribution >= 4 is 11.7 Å². The lowest BCUT2D eigenvalue weighted by molar-refractivity contribution is -0.131. The van der Waals surface area contributed by atoms with Gasteiger partial charge in [0.15, 0.2) is 5.78 Å². The lowest BCUT2D eigenvalue weighted by Gasteiger charge is -2.54. The van der Waals surface area contributed by atoms with Crippen LogP contribution in [0.5, 0.6) is 0 Å². The van der Waals surface area contributed by atoms with Crippen LogP contribution in [0.25, 0.3) is 0 Å². The highest BCUT2D eigenvalue weighted by atomic mass is 16.3. The summed E-state index contributed by atoms with van der Waals surface area (Å²) in [4.78, 5) is 26.5. The molecule has 0 aromatic rings. The molecule has 0 saturated heterocycles. The normalized spacial score (nSPS) is 41.5. The van der Waals surface area contributed by atoms with Crippen LogP contribution < -0.4 is 0 Å². The Balaban J connectivity index is 1.78. The monoisotopic (exact) mass is 357 g/mol. The van der Waals surface area contributed by atoms with Gasteiger partial charge in [-0.2, -0.15) is 0 Å². The van der Waals surface area contributed by atoms with E-state index in [4.69, 9.17) is 0 Å². The fourth-order valence-corrected chi connectivity index (χ4v) is 6.37. The van der Waals surface area contributed by atoms with Gasteiger partial charge in [-0.25, -0.2) is 0 Å². The number of hydrogen-bond acceptors (Lipinski definition) is 3. The Labute approximate surface area is 156 Å². The highest BCUT2D eigenvalue weighted by molar-refractivity contribution is 5.92. The number of ketones is 1. The molecule has 1 amide bonds. The Hall–Kier alpha value is -1.42. The number of rotatable bonds is 2. The smallest absolute Gasteiger partial charge is 0.223 e. The SMILES string of the molecule is CN(C)C(=O)C[C@]12CCC(=O)C=C1CC[C@@H]1C2=CC[C@]2(C)C(O)CC[C@@H]12. The van der Waals surface area contributed by atoms with Crippen LogP contribution in [-0.4, -0.2) is 41.9 Å². The van der Waals surface area contributed by atoms with E-state index in [1.165, 1.54) is 11.1 Å². The zero-order valence-corrected chi connectivity index (χ0v) is 16.3. The summed E-state index contributed by atoms with van der Waals surface area (Å²) in [5.41, 5.74) is 2.32. The van der Waals surface area contributed by atoms with Crippen LogP contribution in [-0.2, 0) is 9.59 Å². The van der Waals surface area contributed by atoms with Gasteiger partial charge in [0.05, 0.1) is 6.10 Å². The van der Waals surface area contributed by atoms with Crippen LogP contribution in [0.15, 0.2) is 23.3 Å². The summed E-state index contributed by atoms with van der Waals surface area (Å²) in [5, 5.41) is 10.6. The van der Waals surface area contributed by atoms with Crippen molar-refractivity contribution in [2.75, 3.05) is 14.1 Å². The van der Waals surface area contributed by atoms with Crippen molar-refractivity contribution in [3.05, 3.63) is 23.3 Å². The Morgan fingerprint density at radius 2 is 2.04 bits per heavy atom. The average Bonchev–Trinajstić information content (AvgIpc) is 2.90. The van der Waals surface area contributed by atoms with Gasteiger partial charge in [-0.1, -0.05) is 24.1 Å². The molecule has 4 heteroatoms. The quantitative estimate of drug-likeness (QED) is 0.772. The molecule has 2 saturated carbocycles. The molecule has 2 fully saturated rings. The summed E-state index contributed by atoms with van der Waals surface area (Å²) in [5.74, 6) is 1.31. The van der Waals surface area contributed by atoms with E-state index in [-0.39, 0.29) is 28.6 Å². The standard InChI is InChI=1S/C22H31NO3/c1-21-10-9-18-16(17(21)6-7-19(21)25)5-4-14-12-15(24)8-11-22(14,18)13-20(26)23(2)3/h9,12,16-17,19,25H,4-8,10-11,13H2,1-3H3/t16-,17-,19?,21-,22+/m0/s1. The van der Waals surface area contributed by atoms with E-state index >= 15 is 0 Å². The molecule has 0 radical (unpaired) electrons. The molecule has 142 valence electrons. The Morgan fingerprint density at radius 3 is 2.77 bits per heavy atom. The molecule has 0 aromatic heterocycles. The summed E-state index contributed by atoms with van der Waals surface area (Å²) in [7, 11) is 3.63. The van der Waals surface area contributed by atoms with Gasteiger partial charge in [0.1, 0.15) is 0 Å². The van der Waals surface area contributed by atoms with Gasteiger partial charge in [-0.05, 0) is 56.4 Å². The van der Waals surface area contributed by atoms with Crippen molar-refractivity contribution in [1.29, 1.82) is 0 Å². The molecule has 4 aliphatic carbocycles. The van der Waals surface area contributed by atoms with E-state index in [0.717, 1.165) is 38.5 Å². The van der Waals surface area contributed by atoms with Crippen LogP contribution in [0, 0.1) is 22.7 Å². The number of hydrogen-bond donors (Lipinski definition) is 1. The largest absolute Gasteiger partial charge is 0.393 e. The van der Waals surface area contributed by atoms with Crippen LogP contribution in [0.4, 0.5) is 0 Å². The van der Waals surface area contributed by atoms with Crippen LogP contribution >= 0.6 is 0 Å². The predicted molar refractivity (Wildman–Crippen MR) is 100 cm³/mol. The molecule has 1 N–H and O–H groups in total. The maximum atomic E-state index is 12.7. The first kappa shape index (κ1) is 18.0. The average molecular weight is 357 g/mol. The van der Waals surface area contributed by atoms with Gasteiger partial charge in [0.25, 0.3) is 0 Å². The molecule has 5 atom stereocenters. The molecule has 4 rings (SSSR count). The van der Waals surface area contributed by atoms with Gasteiger partial charge in [-0.3, -0.25) is 9.59 Å². The second-order valence-electron chi connectivity index (χ2n) is 9.40. The number of aliphatic hydroxyl groups is 1. The molecule has 0 heterocycles. The molecule has 0 aromatic carbocycles. The Bertz CT molecular complexity index is 706. The van der Waals surface area contributed by atoms with Crippen molar-refractivity contribution in [3.8, 4) is 0 Å². The summed E-state index contributed by atoms with van der Waals surface area (Å²) in [6.45, 7) is 2.25. The molecule has 0 bridgehead atoms. The molecule has 4 nitrogen and oxygen atoms in total. The van der Waals surface area contributed by atoms with Crippen LogP contribution in [0.1, 0.15) is 58.3 Å². The van der Waals surface area contributed by atoms with E-state index in [0.29, 0.717) is 24.7 Å². The fraction of sp³-hybridized carbons (Fsp3) is 0.727. The number of amides is 1. The van der Waals surface area contributed by atoms with Crippen LogP contribution in [0.2, 0.25) is 0 Å². The van der Waals surface area contributed by atoms with Gasteiger partial charge in [-0.15, -0.1) is 0 Å². The van der Waals surface area contributed by atoms with Crippen LogP contribution in [0.3, 0.4) is 0 Å². The van der Waals surface area contributed by atoms with Gasteiger partial charge in [0.2, 0.25) is 5.91 Å². The van der Waals surface area contributed by atoms with Crippen molar-refractivity contribution in [3.63, 3.8) is 0 Å². The summed E-state index contributed by atoms with van der Waals surface area (Å²) < 4.78 is 0. The van der Waals surface area contributed by atoms with Crippen molar-refractivity contribution in [2.45, 2.75) is 64.4 Å². The van der Waals surface area contributed by atoms with E-state index in [9.17, 15) is 14.7 Å². The van der Waals surface area contributed by atoms with Crippen molar-refractivity contribution < 1.29 is 14.7 Å². The predicted octanol–water partition coefficient (Wildman–Crippen LogP) is 3.26. The number of fused-ring (bicyclic) bond motifs is 5. The second kappa shape index (κ2) is 6.05. The zero-order chi connectivity index (χ0) is 18.7. The van der Waals surface area contributed by atoms with Crippen molar-refractivity contribution in [1.82, 2.24) is 4.90 Å². The summed E-state index contributed by atoms with van der Waals surface area (Å²) in [6, 6.07) is 0. The van der Waals surface area contributed by atoms with E-state index < -0.39 is 0 Å². The third-order valence-corrected chi connectivity index (χ3v) is 7.98. The highest BCUT2D eigenvalue weighted by Gasteiger charge is 2.57. The van der Waals surface area contributed by atoms with Gasteiger partial charge >= 0.3 is 0 Å². The van der Waals surface area contributed by atoms with Gasteiger partial charge < -0.3 is 10.0 Å². The first-order valence-corrected chi connectivity index (χ1v) is 10.1. The molecular weight excluding hydrogens is 326 g/mol. The molecule has 4 aliphatic rings. The second-order valence-corrected chi connectivity index (χ2v) is 9.40. The molecule has 26 heavy (non-hydrogen) atoms. The number of allylic oxidation sites excluding steroid dienone is 4. The van der Waals surface area contributed by atoms with Crippen molar-refractivity contribution in [2.24, 2.45) is 22.7 Å². The lowest BCUT2D eigenvalue weighted by atomic mass is 9.50. The minimum atomic E-state index is -0.257. The minimum Gasteiger partial charge on any atom is -0.393 e. The minimum absolute atomic E-state index is 0.0212. The number of nitrogens with zero attached hydrogens (tertiary/aromatic N) is 1. The Kier molecular flexibility index (Phi) is 4.18. The first-order chi connectivity index (χ1) is 12.3. The number of carbonyl (C=O) groups is 2. The number of carbonyl (C=O) groups excluding carboxylic acids is 2. The summed E-state index contributed by atoms with van der Waals surface area (Å²) in [6.07, 6.45) is 10.6. The van der Waals surface area contributed by atoms with E-state index in [2.05, 4.69) is 13.0 Å². The topological polar surface area (TPSA) is 57.6 Å². The fourth-order valence-electron chi connectivity index (χ4n) is 6.37. The van der Waals surface area contributed by atoms with E-state index in [1.54, 1.807) is 4.90 Å². The third kappa shape index (κ3) is 2.45. The molecule has 0 aliphatic heterocycles. The van der Waals surface area contributed by atoms with Gasteiger partial charge in [0, 0.05) is 37.8 Å². The Morgan fingerprint density at radius 1 is 1.27 bits per heavy atom. The van der Waals surface area contributed by atoms with E-state index in [1.807, 2.05) is 20.2 Å². The molecule has 1 unspecified atom stereocenters.